The summed E-state index contributed by atoms with van der Waals surface area (Å²) in [5.41, 5.74) is 0.712. The molecule has 1 aromatic rings. The highest BCUT2D eigenvalue weighted by molar-refractivity contribution is 5.96. The minimum atomic E-state index is -1.03. The molecular weight excluding hydrogens is 248 g/mol. The van der Waals surface area contributed by atoms with E-state index in [9.17, 15) is 9.59 Å². The predicted octanol–water partition coefficient (Wildman–Crippen LogP) is 2.08. The van der Waals surface area contributed by atoms with Crippen LogP contribution in [-0.2, 0) is 11.2 Å². The summed E-state index contributed by atoms with van der Waals surface area (Å²) in [4.78, 5) is 28.4. The number of aromatic nitrogens is 1. The Kier molecular flexibility index (Phi) is 3.18. The van der Waals surface area contributed by atoms with Crippen molar-refractivity contribution in [3.63, 3.8) is 0 Å². The van der Waals surface area contributed by atoms with Crippen LogP contribution < -0.4 is 4.90 Å². The van der Waals surface area contributed by atoms with Crippen LogP contribution in [0.25, 0.3) is 0 Å². The third-order valence-electron chi connectivity index (χ3n) is 2.76. The zero-order valence-electron chi connectivity index (χ0n) is 11.1. The number of carbonyl (C=O) groups excluding carboxylic acids is 1. The second kappa shape index (κ2) is 4.53. The molecule has 1 aliphatic rings. The van der Waals surface area contributed by atoms with E-state index < -0.39 is 17.7 Å². The van der Waals surface area contributed by atoms with Crippen molar-refractivity contribution in [3.8, 4) is 0 Å². The Bertz CT molecular complexity index is 534. The number of hydrogen-bond donors (Lipinski definition) is 1. The molecule has 0 atom stereocenters. The summed E-state index contributed by atoms with van der Waals surface area (Å²) >= 11 is 0. The van der Waals surface area contributed by atoms with E-state index in [0.29, 0.717) is 24.2 Å². The fourth-order valence-corrected chi connectivity index (χ4v) is 2.01. The van der Waals surface area contributed by atoms with Crippen molar-refractivity contribution in [1.82, 2.24) is 4.98 Å². The summed E-state index contributed by atoms with van der Waals surface area (Å²) < 4.78 is 5.29. The smallest absolute Gasteiger partial charge is 0.414 e. The molecule has 2 rings (SSSR count). The number of rotatable bonds is 1. The van der Waals surface area contributed by atoms with Crippen molar-refractivity contribution in [3.05, 3.63) is 23.5 Å². The number of hydrogen-bond acceptors (Lipinski definition) is 4. The number of fused-ring (bicyclic) bond motifs is 1. The van der Waals surface area contributed by atoms with E-state index >= 15 is 0 Å². The Morgan fingerprint density at radius 1 is 1.37 bits per heavy atom. The summed E-state index contributed by atoms with van der Waals surface area (Å²) in [5.74, 6) is -1.03. The summed E-state index contributed by atoms with van der Waals surface area (Å²) in [5, 5.41) is 9.09. The highest BCUT2D eigenvalue weighted by Crippen LogP contribution is 2.30. The molecule has 1 aromatic heterocycles. The van der Waals surface area contributed by atoms with E-state index in [1.165, 1.54) is 17.3 Å². The molecule has 6 heteroatoms. The number of pyridine rings is 1. The molecule has 0 fully saturated rings. The van der Waals surface area contributed by atoms with Gasteiger partial charge in [-0.15, -0.1) is 0 Å². The van der Waals surface area contributed by atoms with Crippen LogP contribution in [0.1, 0.15) is 36.7 Å². The van der Waals surface area contributed by atoms with Crippen LogP contribution in [-0.4, -0.2) is 34.3 Å². The first-order valence-corrected chi connectivity index (χ1v) is 6.00. The summed E-state index contributed by atoms with van der Waals surface area (Å²) in [7, 11) is 0. The number of anilines is 1. The van der Waals surface area contributed by atoms with Crippen molar-refractivity contribution in [2.45, 2.75) is 32.8 Å². The van der Waals surface area contributed by atoms with E-state index in [1.807, 2.05) is 0 Å². The van der Waals surface area contributed by atoms with Gasteiger partial charge in [-0.3, -0.25) is 9.88 Å². The molecule has 6 nitrogen and oxygen atoms in total. The average molecular weight is 264 g/mol. The molecule has 0 saturated carbocycles. The lowest BCUT2D eigenvalue weighted by Crippen LogP contribution is -2.35. The van der Waals surface area contributed by atoms with Crippen LogP contribution in [0.15, 0.2) is 12.4 Å². The molecule has 102 valence electrons. The van der Waals surface area contributed by atoms with E-state index in [4.69, 9.17) is 9.84 Å². The number of aromatic carboxylic acids is 1. The second-order valence-corrected chi connectivity index (χ2v) is 5.37. The third kappa shape index (κ3) is 2.67. The minimum Gasteiger partial charge on any atom is -0.478 e. The number of carbonyl (C=O) groups is 2. The van der Waals surface area contributed by atoms with Crippen LogP contribution in [0, 0.1) is 0 Å². The Morgan fingerprint density at radius 3 is 2.63 bits per heavy atom. The molecule has 2 heterocycles. The maximum Gasteiger partial charge on any atom is 0.414 e. The molecule has 0 radical (unpaired) electrons. The summed E-state index contributed by atoms with van der Waals surface area (Å²) in [6, 6.07) is 0. The molecule has 1 amide bonds. The number of carboxylic acids is 1. The normalized spacial score (nSPS) is 14.2. The van der Waals surface area contributed by atoms with Gasteiger partial charge < -0.3 is 9.84 Å². The largest absolute Gasteiger partial charge is 0.478 e. The van der Waals surface area contributed by atoms with Gasteiger partial charge in [-0.2, -0.15) is 0 Å². The van der Waals surface area contributed by atoms with Gasteiger partial charge in [0.05, 0.1) is 17.4 Å². The van der Waals surface area contributed by atoms with Crippen molar-refractivity contribution >= 4 is 17.7 Å². The first-order chi connectivity index (χ1) is 8.79. The summed E-state index contributed by atoms with van der Waals surface area (Å²) in [6.07, 6.45) is 2.83. The van der Waals surface area contributed by atoms with Crippen LogP contribution in [0.2, 0.25) is 0 Å². The molecule has 0 aromatic carbocycles. The molecule has 0 unspecified atom stereocenters. The molecule has 0 aliphatic carbocycles. The fraction of sp³-hybridized carbons (Fsp3) is 0.462. The summed E-state index contributed by atoms with van der Waals surface area (Å²) in [6.45, 7) is 5.77. The Morgan fingerprint density at radius 2 is 2.05 bits per heavy atom. The molecule has 1 aliphatic heterocycles. The maximum atomic E-state index is 12.0. The third-order valence-corrected chi connectivity index (χ3v) is 2.76. The van der Waals surface area contributed by atoms with Crippen molar-refractivity contribution in [2.24, 2.45) is 0 Å². The number of carboxylic acid groups (broad SMARTS) is 1. The van der Waals surface area contributed by atoms with Crippen molar-refractivity contribution in [1.29, 1.82) is 0 Å². The standard InChI is InChI=1S/C13H16N2O4/c1-13(2,3)19-12(18)15-5-4-8-9(11(16)17)6-14-7-10(8)15/h6-7H,4-5H2,1-3H3,(H,16,17). The van der Waals surface area contributed by atoms with E-state index in [2.05, 4.69) is 4.98 Å². The van der Waals surface area contributed by atoms with E-state index in [1.54, 1.807) is 20.8 Å². The van der Waals surface area contributed by atoms with Gasteiger partial charge in [0.1, 0.15) is 5.60 Å². The lowest BCUT2D eigenvalue weighted by molar-refractivity contribution is 0.0582. The van der Waals surface area contributed by atoms with Crippen LogP contribution >= 0.6 is 0 Å². The Hall–Kier alpha value is -2.11. The topological polar surface area (TPSA) is 79.7 Å². The zero-order valence-corrected chi connectivity index (χ0v) is 11.1. The van der Waals surface area contributed by atoms with Crippen molar-refractivity contribution in [2.75, 3.05) is 11.4 Å². The molecule has 0 bridgehead atoms. The number of nitrogens with zero attached hydrogens (tertiary/aromatic N) is 2. The quantitative estimate of drug-likeness (QED) is 0.840. The minimum absolute atomic E-state index is 0.142. The van der Waals surface area contributed by atoms with Gasteiger partial charge >= 0.3 is 12.1 Å². The lowest BCUT2D eigenvalue weighted by Gasteiger charge is -2.24. The van der Waals surface area contributed by atoms with Crippen LogP contribution in [0.3, 0.4) is 0 Å². The molecule has 19 heavy (non-hydrogen) atoms. The molecule has 1 N–H and O–H groups in total. The number of amides is 1. The first kappa shape index (κ1) is 13.3. The zero-order chi connectivity index (χ0) is 14.2. The predicted molar refractivity (Wildman–Crippen MR) is 68.5 cm³/mol. The molecular formula is C13H16N2O4. The van der Waals surface area contributed by atoms with Gasteiger partial charge in [-0.05, 0) is 32.8 Å². The van der Waals surface area contributed by atoms with Gasteiger partial charge in [-0.25, -0.2) is 9.59 Å². The van der Waals surface area contributed by atoms with Gasteiger partial charge in [0.25, 0.3) is 0 Å². The fourth-order valence-electron chi connectivity index (χ4n) is 2.01. The van der Waals surface area contributed by atoms with Crippen LogP contribution in [0.5, 0.6) is 0 Å². The second-order valence-electron chi connectivity index (χ2n) is 5.37. The monoisotopic (exact) mass is 264 g/mol. The average Bonchev–Trinajstić information content (AvgIpc) is 2.69. The van der Waals surface area contributed by atoms with Gasteiger partial charge in [0.15, 0.2) is 0 Å². The highest BCUT2D eigenvalue weighted by atomic mass is 16.6. The van der Waals surface area contributed by atoms with Crippen LogP contribution in [0.4, 0.5) is 10.5 Å². The van der Waals surface area contributed by atoms with Crippen molar-refractivity contribution < 1.29 is 19.4 Å². The van der Waals surface area contributed by atoms with Gasteiger partial charge in [0.2, 0.25) is 0 Å². The SMILES string of the molecule is CC(C)(C)OC(=O)N1CCc2c(C(=O)O)cncc21. The molecule has 0 spiro atoms. The lowest BCUT2D eigenvalue weighted by atomic mass is 10.1. The van der Waals surface area contributed by atoms with E-state index in [0.717, 1.165) is 0 Å². The van der Waals surface area contributed by atoms with E-state index in [-0.39, 0.29) is 5.56 Å². The van der Waals surface area contributed by atoms with Gasteiger partial charge in [-0.1, -0.05) is 0 Å². The highest BCUT2D eigenvalue weighted by Gasteiger charge is 2.31. The maximum absolute atomic E-state index is 12.0. The number of ether oxygens (including phenoxy) is 1. The Balaban J connectivity index is 2.30. The Labute approximate surface area is 111 Å². The molecule has 0 saturated heterocycles. The van der Waals surface area contributed by atoms with Gasteiger partial charge in [0, 0.05) is 12.7 Å². The first-order valence-electron chi connectivity index (χ1n) is 6.00.